The molecule has 112 valence electrons. The number of nitrogens with zero attached hydrogens (tertiary/aromatic N) is 3. The Labute approximate surface area is 126 Å². The Balaban J connectivity index is 2.00. The van der Waals surface area contributed by atoms with Gasteiger partial charge < -0.3 is 5.32 Å². The van der Waals surface area contributed by atoms with E-state index in [1.54, 1.807) is 0 Å². The van der Waals surface area contributed by atoms with E-state index in [1.807, 2.05) is 0 Å². The van der Waals surface area contributed by atoms with Gasteiger partial charge in [-0.05, 0) is 37.4 Å². The zero-order valence-corrected chi connectivity index (χ0v) is 12.8. The highest BCUT2D eigenvalue weighted by molar-refractivity contribution is 7.13. The van der Waals surface area contributed by atoms with Crippen molar-refractivity contribution in [2.45, 2.75) is 20.4 Å². The largest absolute Gasteiger partial charge is 0.320 e. The van der Waals surface area contributed by atoms with Gasteiger partial charge in [0.2, 0.25) is 5.01 Å². The fourth-order valence-electron chi connectivity index (χ4n) is 1.77. The second-order valence-electron chi connectivity index (χ2n) is 4.42. The SMILES string of the molecule is CCN(CC)Cc1nnc(C(=O)Nc2ccc(F)cc2)s1. The van der Waals surface area contributed by atoms with Crippen molar-refractivity contribution in [1.82, 2.24) is 15.1 Å². The van der Waals surface area contributed by atoms with Crippen LogP contribution in [0, 0.1) is 5.82 Å². The summed E-state index contributed by atoms with van der Waals surface area (Å²) in [5.41, 5.74) is 0.530. The lowest BCUT2D eigenvalue weighted by Crippen LogP contribution is -2.21. The van der Waals surface area contributed by atoms with E-state index in [9.17, 15) is 9.18 Å². The molecule has 2 aromatic rings. The molecule has 0 saturated heterocycles. The number of hydrogen-bond donors (Lipinski definition) is 1. The normalized spacial score (nSPS) is 10.9. The summed E-state index contributed by atoms with van der Waals surface area (Å²) in [6, 6.07) is 5.60. The summed E-state index contributed by atoms with van der Waals surface area (Å²) in [7, 11) is 0. The first-order valence-corrected chi connectivity index (χ1v) is 7.55. The molecule has 0 aliphatic rings. The van der Waals surface area contributed by atoms with Crippen LogP contribution >= 0.6 is 11.3 Å². The molecule has 5 nitrogen and oxygen atoms in total. The first-order chi connectivity index (χ1) is 10.1. The molecule has 0 spiro atoms. The lowest BCUT2D eigenvalue weighted by Gasteiger charge is -2.15. The Morgan fingerprint density at radius 2 is 1.90 bits per heavy atom. The summed E-state index contributed by atoms with van der Waals surface area (Å²) >= 11 is 1.27. The van der Waals surface area contributed by atoms with Crippen LogP contribution in [0.4, 0.5) is 10.1 Å². The quantitative estimate of drug-likeness (QED) is 0.891. The number of hydrogen-bond acceptors (Lipinski definition) is 5. The van der Waals surface area contributed by atoms with E-state index < -0.39 is 0 Å². The maximum Gasteiger partial charge on any atom is 0.286 e. The van der Waals surface area contributed by atoms with Crippen molar-refractivity contribution in [3.63, 3.8) is 0 Å². The van der Waals surface area contributed by atoms with Gasteiger partial charge in [0.25, 0.3) is 5.91 Å². The first-order valence-electron chi connectivity index (χ1n) is 6.74. The van der Waals surface area contributed by atoms with Crippen molar-refractivity contribution in [2.75, 3.05) is 18.4 Å². The van der Waals surface area contributed by atoms with Gasteiger partial charge in [-0.15, -0.1) is 10.2 Å². The molecule has 21 heavy (non-hydrogen) atoms. The zero-order chi connectivity index (χ0) is 15.2. The van der Waals surface area contributed by atoms with E-state index in [0.29, 0.717) is 17.2 Å². The zero-order valence-electron chi connectivity index (χ0n) is 12.0. The topological polar surface area (TPSA) is 58.1 Å². The minimum Gasteiger partial charge on any atom is -0.320 e. The molecule has 0 fully saturated rings. The summed E-state index contributed by atoms with van der Waals surface area (Å²) in [5, 5.41) is 11.7. The van der Waals surface area contributed by atoms with E-state index in [2.05, 4.69) is 34.3 Å². The summed E-state index contributed by atoms with van der Waals surface area (Å²) in [5.74, 6) is -0.671. The van der Waals surface area contributed by atoms with Crippen molar-refractivity contribution >= 4 is 22.9 Å². The predicted octanol–water partition coefficient (Wildman–Crippen LogP) is 2.77. The fourth-order valence-corrected chi connectivity index (χ4v) is 2.54. The van der Waals surface area contributed by atoms with E-state index in [1.165, 1.54) is 35.6 Å². The number of amides is 1. The number of anilines is 1. The van der Waals surface area contributed by atoms with Crippen LogP contribution in [0.15, 0.2) is 24.3 Å². The van der Waals surface area contributed by atoms with Crippen LogP contribution in [0.25, 0.3) is 0 Å². The molecular weight excluding hydrogens is 291 g/mol. The molecule has 0 aliphatic carbocycles. The molecule has 0 saturated carbocycles. The van der Waals surface area contributed by atoms with E-state index in [-0.39, 0.29) is 11.7 Å². The molecule has 2 rings (SSSR count). The minimum atomic E-state index is -0.342. The lowest BCUT2D eigenvalue weighted by molar-refractivity contribution is 0.102. The van der Waals surface area contributed by atoms with Crippen LogP contribution in [-0.2, 0) is 6.54 Å². The van der Waals surface area contributed by atoms with Crippen LogP contribution < -0.4 is 5.32 Å². The molecule has 0 bridgehead atoms. The van der Waals surface area contributed by atoms with Gasteiger partial charge in [0.1, 0.15) is 10.8 Å². The number of aromatic nitrogens is 2. The number of nitrogens with one attached hydrogen (secondary N) is 1. The van der Waals surface area contributed by atoms with Gasteiger partial charge in [-0.3, -0.25) is 9.69 Å². The number of carbonyl (C=O) groups is 1. The molecule has 1 aromatic carbocycles. The van der Waals surface area contributed by atoms with Crippen molar-refractivity contribution in [3.05, 3.63) is 40.1 Å². The average Bonchev–Trinajstić information content (AvgIpc) is 2.96. The minimum absolute atomic E-state index is 0.307. The van der Waals surface area contributed by atoms with Crippen molar-refractivity contribution in [2.24, 2.45) is 0 Å². The lowest BCUT2D eigenvalue weighted by atomic mass is 10.3. The molecule has 1 aromatic heterocycles. The highest BCUT2D eigenvalue weighted by Crippen LogP contribution is 2.15. The average molecular weight is 308 g/mol. The fraction of sp³-hybridized carbons (Fsp3) is 0.357. The Morgan fingerprint density at radius 1 is 1.24 bits per heavy atom. The molecular formula is C14H17FN4OS. The van der Waals surface area contributed by atoms with Crippen LogP contribution in [0.3, 0.4) is 0 Å². The third-order valence-electron chi connectivity index (χ3n) is 3.02. The Morgan fingerprint density at radius 3 is 2.52 bits per heavy atom. The van der Waals surface area contributed by atoms with Gasteiger partial charge in [-0.25, -0.2) is 4.39 Å². The molecule has 0 atom stereocenters. The number of rotatable bonds is 6. The van der Waals surface area contributed by atoms with Crippen LogP contribution in [-0.4, -0.2) is 34.1 Å². The number of benzene rings is 1. The Bertz CT molecular complexity index is 595. The molecule has 0 aliphatic heterocycles. The van der Waals surface area contributed by atoms with E-state index in [0.717, 1.165) is 18.1 Å². The van der Waals surface area contributed by atoms with Gasteiger partial charge in [0.05, 0.1) is 6.54 Å². The van der Waals surface area contributed by atoms with Gasteiger partial charge in [-0.2, -0.15) is 0 Å². The van der Waals surface area contributed by atoms with E-state index in [4.69, 9.17) is 0 Å². The highest BCUT2D eigenvalue weighted by Gasteiger charge is 2.14. The van der Waals surface area contributed by atoms with Crippen molar-refractivity contribution < 1.29 is 9.18 Å². The maximum atomic E-state index is 12.8. The van der Waals surface area contributed by atoms with E-state index >= 15 is 0 Å². The van der Waals surface area contributed by atoms with Crippen LogP contribution in [0.5, 0.6) is 0 Å². The summed E-state index contributed by atoms with van der Waals surface area (Å²) in [6.45, 7) is 6.69. The first kappa shape index (κ1) is 15.5. The molecule has 1 amide bonds. The second-order valence-corrected chi connectivity index (χ2v) is 5.49. The summed E-state index contributed by atoms with van der Waals surface area (Å²) in [4.78, 5) is 14.2. The van der Waals surface area contributed by atoms with Crippen molar-refractivity contribution in [3.8, 4) is 0 Å². The number of halogens is 1. The third-order valence-corrected chi connectivity index (χ3v) is 3.92. The second kappa shape index (κ2) is 7.24. The Kier molecular flexibility index (Phi) is 5.35. The molecule has 0 radical (unpaired) electrons. The van der Waals surface area contributed by atoms with Crippen molar-refractivity contribution in [1.29, 1.82) is 0 Å². The predicted molar refractivity (Wildman–Crippen MR) is 80.9 cm³/mol. The summed E-state index contributed by atoms with van der Waals surface area (Å²) in [6.07, 6.45) is 0. The summed E-state index contributed by atoms with van der Waals surface area (Å²) < 4.78 is 12.8. The maximum absolute atomic E-state index is 12.8. The smallest absolute Gasteiger partial charge is 0.286 e. The molecule has 1 heterocycles. The monoisotopic (exact) mass is 308 g/mol. The number of carbonyl (C=O) groups excluding carboxylic acids is 1. The van der Waals surface area contributed by atoms with Crippen LogP contribution in [0.2, 0.25) is 0 Å². The van der Waals surface area contributed by atoms with Gasteiger partial charge in [0.15, 0.2) is 0 Å². The Hall–Kier alpha value is -1.86. The standard InChI is InChI=1S/C14H17FN4OS/c1-3-19(4-2)9-12-17-18-14(21-12)13(20)16-11-7-5-10(15)6-8-11/h5-8H,3-4,9H2,1-2H3,(H,16,20). The van der Waals surface area contributed by atoms with Gasteiger partial charge in [-0.1, -0.05) is 25.2 Å². The molecule has 1 N–H and O–H groups in total. The highest BCUT2D eigenvalue weighted by atomic mass is 32.1. The van der Waals surface area contributed by atoms with Gasteiger partial charge >= 0.3 is 0 Å². The molecule has 7 heteroatoms. The third kappa shape index (κ3) is 4.30. The molecule has 0 unspecified atom stereocenters. The van der Waals surface area contributed by atoms with Gasteiger partial charge in [0, 0.05) is 5.69 Å². The van der Waals surface area contributed by atoms with Crippen LogP contribution in [0.1, 0.15) is 28.7 Å².